The lowest BCUT2D eigenvalue weighted by atomic mass is 10.1. The van der Waals surface area contributed by atoms with Crippen LogP contribution in [0.3, 0.4) is 0 Å². The molecule has 0 aliphatic carbocycles. The summed E-state index contributed by atoms with van der Waals surface area (Å²) in [6.45, 7) is 1.86. The molecule has 27 heavy (non-hydrogen) atoms. The molecule has 0 atom stereocenters. The minimum atomic E-state index is -1.05. The van der Waals surface area contributed by atoms with Gasteiger partial charge in [-0.05, 0) is 37.3 Å². The second-order valence-electron chi connectivity index (χ2n) is 5.70. The van der Waals surface area contributed by atoms with Crippen LogP contribution < -0.4 is 4.74 Å². The molecule has 0 amide bonds. The molecule has 2 aromatic carbocycles. The zero-order chi connectivity index (χ0) is 19.4. The van der Waals surface area contributed by atoms with E-state index in [1.165, 1.54) is 6.20 Å². The molecule has 3 aromatic rings. The Morgan fingerprint density at radius 2 is 2.00 bits per heavy atom. The summed E-state index contributed by atoms with van der Waals surface area (Å²) >= 11 is 6.17. The number of ether oxygens (including phenoxy) is 1. The van der Waals surface area contributed by atoms with Gasteiger partial charge in [0.25, 0.3) is 0 Å². The number of carboxylic acid groups (broad SMARTS) is 1. The molecule has 6 nitrogen and oxygen atoms in total. The molecule has 0 fully saturated rings. The van der Waals surface area contributed by atoms with Gasteiger partial charge in [0.15, 0.2) is 5.82 Å². The van der Waals surface area contributed by atoms with Gasteiger partial charge in [0.1, 0.15) is 18.4 Å². The van der Waals surface area contributed by atoms with Crippen molar-refractivity contribution in [3.8, 4) is 23.2 Å². The fourth-order valence-corrected chi connectivity index (χ4v) is 2.68. The van der Waals surface area contributed by atoms with Crippen LogP contribution in [0, 0.1) is 18.3 Å². The molecule has 0 unspecified atom stereocenters. The Balaban J connectivity index is 1.74. The van der Waals surface area contributed by atoms with E-state index in [0.717, 1.165) is 11.1 Å². The first-order valence-corrected chi connectivity index (χ1v) is 8.35. The van der Waals surface area contributed by atoms with Crippen molar-refractivity contribution in [2.24, 2.45) is 0 Å². The van der Waals surface area contributed by atoms with Crippen molar-refractivity contribution >= 4 is 17.6 Å². The van der Waals surface area contributed by atoms with E-state index >= 15 is 0 Å². The quantitative estimate of drug-likeness (QED) is 0.711. The molecule has 0 saturated heterocycles. The van der Waals surface area contributed by atoms with Gasteiger partial charge in [0.05, 0.1) is 21.8 Å². The monoisotopic (exact) mass is 379 g/mol. The molecule has 1 aromatic heterocycles. The van der Waals surface area contributed by atoms with Gasteiger partial charge in [-0.2, -0.15) is 5.26 Å². The number of carboxylic acids is 1. The van der Waals surface area contributed by atoms with Crippen molar-refractivity contribution < 1.29 is 14.6 Å². The lowest BCUT2D eigenvalue weighted by Gasteiger charge is -2.09. The Morgan fingerprint density at radius 1 is 1.26 bits per heavy atom. The van der Waals surface area contributed by atoms with Gasteiger partial charge in [0, 0.05) is 17.3 Å². The molecule has 0 spiro atoms. The molecule has 0 saturated carbocycles. The number of aryl methyl sites for hydroxylation is 1. The van der Waals surface area contributed by atoms with E-state index in [4.69, 9.17) is 26.7 Å². The lowest BCUT2D eigenvalue weighted by Crippen LogP contribution is -2.04. The van der Waals surface area contributed by atoms with E-state index in [9.17, 15) is 4.79 Å². The number of hydrogen-bond donors (Lipinski definition) is 1. The summed E-state index contributed by atoms with van der Waals surface area (Å²) in [5.41, 5.74) is 2.36. The normalized spacial score (nSPS) is 10.3. The standard InChI is InChI=1S/C20H14ClN3O3/c1-12-17(20(25)26)10-23-19(24-12)13-5-7-16(8-6-13)27-11-15-4-2-3-14(9-22)18(15)21/h2-8,10H,11H2,1H3,(H,25,26). The topological polar surface area (TPSA) is 96.1 Å². The molecule has 0 bridgehead atoms. The van der Waals surface area contributed by atoms with Gasteiger partial charge >= 0.3 is 5.97 Å². The minimum Gasteiger partial charge on any atom is -0.489 e. The Labute approximate surface area is 160 Å². The maximum Gasteiger partial charge on any atom is 0.339 e. The van der Waals surface area contributed by atoms with Crippen molar-refractivity contribution in [1.29, 1.82) is 5.26 Å². The third-order valence-electron chi connectivity index (χ3n) is 3.92. The first kappa shape index (κ1) is 18.4. The Morgan fingerprint density at radius 3 is 2.63 bits per heavy atom. The Kier molecular flexibility index (Phi) is 5.34. The minimum absolute atomic E-state index is 0.0789. The van der Waals surface area contributed by atoms with Crippen molar-refractivity contribution in [2.45, 2.75) is 13.5 Å². The summed E-state index contributed by atoms with van der Waals surface area (Å²) in [5.74, 6) is 0.00629. The largest absolute Gasteiger partial charge is 0.489 e. The van der Waals surface area contributed by atoms with Gasteiger partial charge < -0.3 is 9.84 Å². The summed E-state index contributed by atoms with van der Waals surface area (Å²) in [5, 5.41) is 18.4. The molecule has 3 rings (SSSR count). The van der Waals surface area contributed by atoms with Crippen LogP contribution in [-0.4, -0.2) is 21.0 Å². The summed E-state index contributed by atoms with van der Waals surface area (Å²) in [6, 6.07) is 14.4. The number of nitriles is 1. The number of hydrogen-bond acceptors (Lipinski definition) is 5. The summed E-state index contributed by atoms with van der Waals surface area (Å²) < 4.78 is 5.73. The maximum atomic E-state index is 11.0. The van der Waals surface area contributed by atoms with Gasteiger partial charge in [-0.25, -0.2) is 14.8 Å². The second kappa shape index (κ2) is 7.85. The number of rotatable bonds is 5. The van der Waals surface area contributed by atoms with Crippen LogP contribution >= 0.6 is 11.6 Å². The van der Waals surface area contributed by atoms with Crippen LogP contribution in [0.4, 0.5) is 0 Å². The second-order valence-corrected chi connectivity index (χ2v) is 6.08. The van der Waals surface area contributed by atoms with Crippen LogP contribution in [0.25, 0.3) is 11.4 Å². The SMILES string of the molecule is Cc1nc(-c2ccc(OCc3cccc(C#N)c3Cl)cc2)ncc1C(=O)O. The number of aromatic nitrogens is 2. The van der Waals surface area contributed by atoms with Crippen molar-refractivity contribution in [3.63, 3.8) is 0 Å². The molecule has 134 valence electrons. The predicted molar refractivity (Wildman–Crippen MR) is 99.7 cm³/mol. The van der Waals surface area contributed by atoms with Gasteiger partial charge in [-0.3, -0.25) is 0 Å². The van der Waals surface area contributed by atoms with Crippen LogP contribution in [-0.2, 0) is 6.61 Å². The lowest BCUT2D eigenvalue weighted by molar-refractivity contribution is 0.0695. The van der Waals surface area contributed by atoms with E-state index in [1.807, 2.05) is 6.07 Å². The molecule has 1 heterocycles. The van der Waals surface area contributed by atoms with E-state index in [-0.39, 0.29) is 12.2 Å². The molecular formula is C20H14ClN3O3. The molecule has 1 N–H and O–H groups in total. The number of halogens is 1. The fraction of sp³-hybridized carbons (Fsp3) is 0.100. The van der Waals surface area contributed by atoms with Crippen LogP contribution in [0.15, 0.2) is 48.7 Å². The van der Waals surface area contributed by atoms with Crippen molar-refractivity contribution in [2.75, 3.05) is 0 Å². The number of carbonyl (C=O) groups is 1. The zero-order valence-electron chi connectivity index (χ0n) is 14.3. The molecule has 0 radical (unpaired) electrons. The number of aromatic carboxylic acids is 1. The highest BCUT2D eigenvalue weighted by atomic mass is 35.5. The Hall–Kier alpha value is -3.43. The van der Waals surface area contributed by atoms with E-state index in [0.29, 0.717) is 27.9 Å². The first-order valence-electron chi connectivity index (χ1n) is 7.97. The van der Waals surface area contributed by atoms with Crippen LogP contribution in [0.5, 0.6) is 5.75 Å². The van der Waals surface area contributed by atoms with Crippen molar-refractivity contribution in [3.05, 3.63) is 76.1 Å². The van der Waals surface area contributed by atoms with E-state index in [2.05, 4.69) is 9.97 Å². The van der Waals surface area contributed by atoms with E-state index in [1.54, 1.807) is 49.4 Å². The molecule has 7 heteroatoms. The highest BCUT2D eigenvalue weighted by molar-refractivity contribution is 6.32. The molecule has 0 aliphatic rings. The first-order chi connectivity index (χ1) is 13.0. The fourth-order valence-electron chi connectivity index (χ4n) is 2.46. The molecule has 0 aliphatic heterocycles. The third-order valence-corrected chi connectivity index (χ3v) is 4.36. The van der Waals surface area contributed by atoms with Crippen LogP contribution in [0.2, 0.25) is 5.02 Å². The summed E-state index contributed by atoms with van der Waals surface area (Å²) in [4.78, 5) is 19.4. The molecular weight excluding hydrogens is 366 g/mol. The number of benzene rings is 2. The Bertz CT molecular complexity index is 1040. The van der Waals surface area contributed by atoms with Crippen LogP contribution in [0.1, 0.15) is 27.2 Å². The van der Waals surface area contributed by atoms with Gasteiger partial charge in [-0.15, -0.1) is 0 Å². The van der Waals surface area contributed by atoms with Crippen molar-refractivity contribution in [1.82, 2.24) is 9.97 Å². The average molecular weight is 380 g/mol. The predicted octanol–water partition coefficient (Wildman–Crippen LogP) is 4.25. The maximum absolute atomic E-state index is 11.0. The van der Waals surface area contributed by atoms with Gasteiger partial charge in [-0.1, -0.05) is 23.7 Å². The number of nitrogens with zero attached hydrogens (tertiary/aromatic N) is 3. The van der Waals surface area contributed by atoms with Gasteiger partial charge in [0.2, 0.25) is 0 Å². The summed E-state index contributed by atoms with van der Waals surface area (Å²) in [6.07, 6.45) is 1.30. The zero-order valence-corrected chi connectivity index (χ0v) is 15.1. The highest BCUT2D eigenvalue weighted by Crippen LogP contribution is 2.24. The smallest absolute Gasteiger partial charge is 0.339 e. The average Bonchev–Trinajstić information content (AvgIpc) is 2.67. The third kappa shape index (κ3) is 4.05. The van der Waals surface area contributed by atoms with E-state index < -0.39 is 5.97 Å². The highest BCUT2D eigenvalue weighted by Gasteiger charge is 2.11. The summed E-state index contributed by atoms with van der Waals surface area (Å²) in [7, 11) is 0.